The third-order valence-electron chi connectivity index (χ3n) is 6.08. The highest BCUT2D eigenvalue weighted by atomic mass is 16.5. The van der Waals surface area contributed by atoms with Gasteiger partial charge in [0.1, 0.15) is 5.75 Å². The van der Waals surface area contributed by atoms with Crippen LogP contribution in [-0.4, -0.2) is 56.7 Å². The molecule has 1 saturated heterocycles. The van der Waals surface area contributed by atoms with Gasteiger partial charge in [-0.15, -0.1) is 0 Å². The van der Waals surface area contributed by atoms with Crippen LogP contribution in [0.3, 0.4) is 0 Å². The van der Waals surface area contributed by atoms with Gasteiger partial charge in [-0.25, -0.2) is 14.5 Å². The van der Waals surface area contributed by atoms with Crippen LogP contribution < -0.4 is 4.74 Å². The molecule has 0 aliphatic carbocycles. The molecule has 8 heteroatoms. The first-order chi connectivity index (χ1) is 17.7. The Labute approximate surface area is 207 Å². The number of hydrogen-bond donors (Lipinski definition) is 0. The van der Waals surface area contributed by atoms with Gasteiger partial charge in [-0.1, -0.05) is 30.3 Å². The van der Waals surface area contributed by atoms with Crippen LogP contribution >= 0.6 is 0 Å². The smallest absolute Gasteiger partial charge is 0.254 e. The minimum absolute atomic E-state index is 0.0244. The highest BCUT2D eigenvalue weighted by Gasteiger charge is 2.18. The van der Waals surface area contributed by atoms with Crippen LogP contribution in [0.2, 0.25) is 0 Å². The van der Waals surface area contributed by atoms with Crippen molar-refractivity contribution in [3.05, 3.63) is 96.8 Å². The topological polar surface area (TPSA) is 81.8 Å². The minimum atomic E-state index is 0.0244. The predicted octanol–water partition coefficient (Wildman–Crippen LogP) is 4.72. The lowest BCUT2D eigenvalue weighted by molar-refractivity contribution is 0.0303. The third-order valence-corrected chi connectivity index (χ3v) is 6.08. The molecule has 0 saturated carbocycles. The number of carbonyl (C=O) groups excluding carboxylic acids is 1. The highest BCUT2D eigenvalue weighted by Crippen LogP contribution is 2.27. The quantitative estimate of drug-likeness (QED) is 0.364. The van der Waals surface area contributed by atoms with E-state index in [-0.39, 0.29) is 5.91 Å². The maximum Gasteiger partial charge on any atom is 0.254 e. The zero-order valence-corrected chi connectivity index (χ0v) is 19.4. The zero-order chi connectivity index (χ0) is 24.3. The Morgan fingerprint density at radius 1 is 0.861 bits per heavy atom. The second kappa shape index (κ2) is 9.59. The lowest BCUT2D eigenvalue weighted by Gasteiger charge is -2.26. The Kier molecular flexibility index (Phi) is 5.85. The molecule has 1 fully saturated rings. The van der Waals surface area contributed by atoms with E-state index >= 15 is 0 Å². The molecule has 0 N–H and O–H groups in total. The number of fused-ring (bicyclic) bond motifs is 1. The molecule has 0 unspecified atom stereocenters. The average Bonchev–Trinajstić information content (AvgIpc) is 3.37. The van der Waals surface area contributed by atoms with Gasteiger partial charge in [-0.3, -0.25) is 4.79 Å². The summed E-state index contributed by atoms with van der Waals surface area (Å²) in [4.78, 5) is 23.4. The molecule has 1 aliphatic heterocycles. The number of hydrogen-bond acceptors (Lipinski definition) is 6. The van der Waals surface area contributed by atoms with E-state index in [0.29, 0.717) is 37.7 Å². The van der Waals surface area contributed by atoms with Gasteiger partial charge in [-0.05, 0) is 42.5 Å². The number of nitrogens with zero attached hydrogens (tertiary/aromatic N) is 5. The van der Waals surface area contributed by atoms with Crippen molar-refractivity contribution < 1.29 is 14.3 Å². The van der Waals surface area contributed by atoms with Gasteiger partial charge in [0.15, 0.2) is 5.65 Å². The van der Waals surface area contributed by atoms with E-state index in [9.17, 15) is 4.79 Å². The molecular formula is C28H23N5O3. The van der Waals surface area contributed by atoms with E-state index in [1.807, 2.05) is 88.3 Å². The van der Waals surface area contributed by atoms with E-state index < -0.39 is 0 Å². The van der Waals surface area contributed by atoms with Crippen molar-refractivity contribution in [2.45, 2.75) is 0 Å². The molecule has 1 aliphatic rings. The number of morpholine rings is 1. The standard InChI is InChI=1S/C28H23N5O3/c34-28(32-14-16-35-17-15-32)21-8-6-20(7-9-21)24-10-11-26-30-19-25(33(26)31-24)22-12-13-29-27(18-22)36-23-4-2-1-3-5-23/h1-13,18-19H,14-17H2. The summed E-state index contributed by atoms with van der Waals surface area (Å²) in [5.74, 6) is 1.23. The van der Waals surface area contributed by atoms with Crippen molar-refractivity contribution >= 4 is 11.6 Å². The Morgan fingerprint density at radius 3 is 2.47 bits per heavy atom. The molecule has 0 spiro atoms. The summed E-state index contributed by atoms with van der Waals surface area (Å²) in [5.41, 5.74) is 4.80. The van der Waals surface area contributed by atoms with Gasteiger partial charge in [-0.2, -0.15) is 5.10 Å². The Bertz CT molecular complexity index is 1510. The summed E-state index contributed by atoms with van der Waals surface area (Å²) >= 11 is 0. The van der Waals surface area contributed by atoms with E-state index in [2.05, 4.69) is 9.97 Å². The fourth-order valence-electron chi connectivity index (χ4n) is 4.19. The van der Waals surface area contributed by atoms with Crippen molar-refractivity contribution in [1.82, 2.24) is 24.5 Å². The van der Waals surface area contributed by atoms with Gasteiger partial charge in [0, 0.05) is 42.0 Å². The van der Waals surface area contributed by atoms with Crippen molar-refractivity contribution in [2.24, 2.45) is 0 Å². The number of amides is 1. The third kappa shape index (κ3) is 4.42. The number of para-hydroxylation sites is 1. The Hall–Kier alpha value is -4.56. The highest BCUT2D eigenvalue weighted by molar-refractivity contribution is 5.94. The first-order valence-electron chi connectivity index (χ1n) is 11.8. The summed E-state index contributed by atoms with van der Waals surface area (Å²) < 4.78 is 13.1. The van der Waals surface area contributed by atoms with Crippen LogP contribution in [-0.2, 0) is 4.74 Å². The predicted molar refractivity (Wildman–Crippen MR) is 135 cm³/mol. The van der Waals surface area contributed by atoms with Gasteiger partial charge >= 0.3 is 0 Å². The van der Waals surface area contributed by atoms with E-state index in [4.69, 9.17) is 14.6 Å². The number of pyridine rings is 1. The van der Waals surface area contributed by atoms with Gasteiger partial charge in [0.25, 0.3) is 5.91 Å². The monoisotopic (exact) mass is 477 g/mol. The summed E-state index contributed by atoms with van der Waals surface area (Å²) in [5, 5.41) is 4.84. The molecule has 0 bridgehead atoms. The fourth-order valence-corrected chi connectivity index (χ4v) is 4.19. The molecule has 6 rings (SSSR count). The number of aromatic nitrogens is 4. The Balaban J connectivity index is 1.28. The molecule has 3 aromatic heterocycles. The molecule has 0 radical (unpaired) electrons. The molecule has 2 aromatic carbocycles. The van der Waals surface area contributed by atoms with Crippen molar-refractivity contribution in [1.29, 1.82) is 0 Å². The normalized spacial score (nSPS) is 13.6. The van der Waals surface area contributed by atoms with Crippen LogP contribution in [0.15, 0.2) is 91.3 Å². The minimum Gasteiger partial charge on any atom is -0.439 e. The molecule has 8 nitrogen and oxygen atoms in total. The van der Waals surface area contributed by atoms with Crippen molar-refractivity contribution in [2.75, 3.05) is 26.3 Å². The Morgan fingerprint density at radius 2 is 1.67 bits per heavy atom. The number of carbonyl (C=O) groups is 1. The number of ether oxygens (including phenoxy) is 2. The molecule has 5 aromatic rings. The van der Waals surface area contributed by atoms with Crippen LogP contribution in [0.1, 0.15) is 10.4 Å². The summed E-state index contributed by atoms with van der Waals surface area (Å²) in [6.45, 7) is 2.40. The fraction of sp³-hybridized carbons (Fsp3) is 0.143. The molecular weight excluding hydrogens is 454 g/mol. The summed E-state index contributed by atoms with van der Waals surface area (Å²) in [6, 6.07) is 24.7. The zero-order valence-electron chi connectivity index (χ0n) is 19.4. The maximum absolute atomic E-state index is 12.8. The van der Waals surface area contributed by atoms with Crippen molar-refractivity contribution in [3.63, 3.8) is 0 Å². The first kappa shape index (κ1) is 21.9. The van der Waals surface area contributed by atoms with Crippen molar-refractivity contribution in [3.8, 4) is 34.1 Å². The van der Waals surface area contributed by atoms with Gasteiger partial charge < -0.3 is 14.4 Å². The van der Waals surface area contributed by atoms with Crippen LogP contribution in [0.4, 0.5) is 0 Å². The maximum atomic E-state index is 12.8. The number of imidazole rings is 1. The molecule has 1 amide bonds. The SMILES string of the molecule is O=C(c1ccc(-c2ccc3ncc(-c4ccnc(Oc5ccccc5)c4)n3n2)cc1)N1CCOCC1. The summed E-state index contributed by atoms with van der Waals surface area (Å²) in [6.07, 6.45) is 3.50. The molecule has 36 heavy (non-hydrogen) atoms. The second-order valence-corrected chi connectivity index (χ2v) is 8.41. The lowest BCUT2D eigenvalue weighted by atomic mass is 10.1. The van der Waals surface area contributed by atoms with Crippen LogP contribution in [0, 0.1) is 0 Å². The molecule has 4 heterocycles. The van der Waals surface area contributed by atoms with Crippen LogP contribution in [0.25, 0.3) is 28.2 Å². The first-order valence-corrected chi connectivity index (χ1v) is 11.8. The van der Waals surface area contributed by atoms with Crippen LogP contribution in [0.5, 0.6) is 11.6 Å². The number of rotatable bonds is 5. The average molecular weight is 478 g/mol. The van der Waals surface area contributed by atoms with Gasteiger partial charge in [0.2, 0.25) is 5.88 Å². The number of benzene rings is 2. The van der Waals surface area contributed by atoms with E-state index in [1.165, 1.54) is 0 Å². The second-order valence-electron chi connectivity index (χ2n) is 8.41. The summed E-state index contributed by atoms with van der Waals surface area (Å²) in [7, 11) is 0. The van der Waals surface area contributed by atoms with Gasteiger partial charge in [0.05, 0.1) is 30.8 Å². The largest absolute Gasteiger partial charge is 0.439 e. The molecule has 0 atom stereocenters. The van der Waals surface area contributed by atoms with E-state index in [0.717, 1.165) is 33.9 Å². The lowest BCUT2D eigenvalue weighted by Crippen LogP contribution is -2.40. The molecule has 178 valence electrons. The van der Waals surface area contributed by atoms with E-state index in [1.54, 1.807) is 12.4 Å².